The minimum absolute atomic E-state index is 0.0328. The molecule has 0 radical (unpaired) electrons. The van der Waals surface area contributed by atoms with E-state index in [2.05, 4.69) is 40.0 Å². The van der Waals surface area contributed by atoms with Crippen molar-refractivity contribution in [3.63, 3.8) is 0 Å². The Kier molecular flexibility index (Phi) is 6.62. The Hall–Kier alpha value is -1.07. The van der Waals surface area contributed by atoms with Crippen molar-refractivity contribution < 1.29 is 4.79 Å². The van der Waals surface area contributed by atoms with Crippen LogP contribution >= 0.6 is 15.9 Å². The molecule has 0 saturated carbocycles. The van der Waals surface area contributed by atoms with Crippen LogP contribution < -0.4 is 5.32 Å². The first kappa shape index (κ1) is 19.7. The van der Waals surface area contributed by atoms with Crippen molar-refractivity contribution in [1.29, 1.82) is 0 Å². The number of nitrogens with zero attached hydrogens (tertiary/aromatic N) is 2. The molecule has 0 unspecified atom stereocenters. The number of hydrogen-bond acceptors (Lipinski definition) is 2. The lowest BCUT2D eigenvalue weighted by molar-refractivity contribution is 0.101. The second kappa shape index (κ2) is 8.75. The van der Waals surface area contributed by atoms with E-state index in [1.807, 2.05) is 30.0 Å². The minimum Gasteiger partial charge on any atom is -0.325 e. The van der Waals surface area contributed by atoms with Crippen LogP contribution in [-0.4, -0.2) is 48.6 Å². The van der Waals surface area contributed by atoms with E-state index in [1.54, 1.807) is 0 Å². The number of halogens is 1. The lowest BCUT2D eigenvalue weighted by atomic mass is 9.89. The van der Waals surface area contributed by atoms with Gasteiger partial charge in [0.05, 0.1) is 0 Å². The van der Waals surface area contributed by atoms with E-state index in [1.165, 1.54) is 26.1 Å². The van der Waals surface area contributed by atoms with Crippen LogP contribution in [0.4, 0.5) is 10.5 Å². The summed E-state index contributed by atoms with van der Waals surface area (Å²) in [6, 6.07) is 5.97. The van der Waals surface area contributed by atoms with Gasteiger partial charge in [0.1, 0.15) is 0 Å². The molecule has 0 spiro atoms. The van der Waals surface area contributed by atoms with E-state index < -0.39 is 0 Å². The summed E-state index contributed by atoms with van der Waals surface area (Å²) in [5, 5.41) is 3.04. The maximum absolute atomic E-state index is 12.5. The highest BCUT2D eigenvalue weighted by atomic mass is 79.9. The van der Waals surface area contributed by atoms with E-state index in [-0.39, 0.29) is 6.03 Å². The molecule has 144 valence electrons. The molecule has 2 aliphatic rings. The Bertz CT molecular complexity index is 618. The quantitative estimate of drug-likeness (QED) is 0.746. The average molecular weight is 422 g/mol. The summed E-state index contributed by atoms with van der Waals surface area (Å²) in [5.41, 5.74) is 2.00. The molecule has 1 aromatic rings. The van der Waals surface area contributed by atoms with Gasteiger partial charge in [0, 0.05) is 42.9 Å². The maximum atomic E-state index is 12.5. The molecule has 1 aromatic carbocycles. The van der Waals surface area contributed by atoms with Crippen LogP contribution in [0, 0.1) is 24.7 Å². The zero-order valence-corrected chi connectivity index (χ0v) is 17.9. The van der Waals surface area contributed by atoms with Crippen molar-refractivity contribution in [2.75, 3.05) is 38.0 Å². The summed E-state index contributed by atoms with van der Waals surface area (Å²) in [6.45, 7) is 12.2. The second-order valence-corrected chi connectivity index (χ2v) is 9.34. The molecule has 0 aliphatic carbocycles. The predicted molar refractivity (Wildman–Crippen MR) is 112 cm³/mol. The second-order valence-electron chi connectivity index (χ2n) is 8.49. The minimum atomic E-state index is 0.0328. The van der Waals surface area contributed by atoms with Crippen LogP contribution in [-0.2, 0) is 0 Å². The van der Waals surface area contributed by atoms with Crippen LogP contribution in [0.1, 0.15) is 38.7 Å². The number of piperidine rings is 2. The molecule has 5 heteroatoms. The first-order valence-corrected chi connectivity index (χ1v) is 10.7. The van der Waals surface area contributed by atoms with Crippen LogP contribution in [0.25, 0.3) is 0 Å². The molecule has 2 amide bonds. The van der Waals surface area contributed by atoms with Crippen molar-refractivity contribution in [2.45, 2.75) is 40.0 Å². The lowest BCUT2D eigenvalue weighted by Gasteiger charge is -2.39. The molecule has 3 rings (SSSR count). The number of amides is 2. The highest BCUT2D eigenvalue weighted by Gasteiger charge is 2.27. The molecule has 2 atom stereocenters. The normalized spacial score (nSPS) is 25.3. The Morgan fingerprint density at radius 3 is 2.46 bits per heavy atom. The van der Waals surface area contributed by atoms with Gasteiger partial charge < -0.3 is 15.1 Å². The smallest absolute Gasteiger partial charge is 0.321 e. The largest absolute Gasteiger partial charge is 0.325 e. The summed E-state index contributed by atoms with van der Waals surface area (Å²) in [4.78, 5) is 17.2. The third-order valence-electron chi connectivity index (χ3n) is 5.77. The summed E-state index contributed by atoms with van der Waals surface area (Å²) in [7, 11) is 0. The average Bonchev–Trinajstić information content (AvgIpc) is 2.58. The molecule has 0 bridgehead atoms. The first-order valence-electron chi connectivity index (χ1n) is 9.95. The molecular weight excluding hydrogens is 390 g/mol. The monoisotopic (exact) mass is 421 g/mol. The Morgan fingerprint density at radius 2 is 1.85 bits per heavy atom. The molecule has 4 nitrogen and oxygen atoms in total. The van der Waals surface area contributed by atoms with Crippen LogP contribution in [0.3, 0.4) is 0 Å². The number of carbonyl (C=O) groups is 1. The molecule has 0 aromatic heterocycles. The van der Waals surface area contributed by atoms with Crippen LogP contribution in [0.5, 0.6) is 0 Å². The van der Waals surface area contributed by atoms with Gasteiger partial charge in [-0.1, -0.05) is 29.8 Å². The molecule has 2 saturated heterocycles. The van der Waals surface area contributed by atoms with E-state index in [0.717, 1.165) is 59.4 Å². The van der Waals surface area contributed by atoms with Gasteiger partial charge in [-0.2, -0.15) is 0 Å². The number of aryl methyl sites for hydroxylation is 1. The van der Waals surface area contributed by atoms with E-state index >= 15 is 0 Å². The first-order chi connectivity index (χ1) is 12.4. The molecule has 26 heavy (non-hydrogen) atoms. The number of benzene rings is 1. The Labute approximate surface area is 166 Å². The SMILES string of the molecule is Cc1cc(NC(=O)N2CCC(CN3C[C@@H](C)C[C@H](C)C3)CC2)ccc1Br. The number of likely N-dealkylation sites (tertiary alicyclic amines) is 2. The Morgan fingerprint density at radius 1 is 1.19 bits per heavy atom. The van der Waals surface area contributed by atoms with Crippen molar-refractivity contribution in [3.8, 4) is 0 Å². The van der Waals surface area contributed by atoms with E-state index in [4.69, 9.17) is 0 Å². The topological polar surface area (TPSA) is 35.6 Å². The van der Waals surface area contributed by atoms with E-state index in [0.29, 0.717) is 0 Å². The van der Waals surface area contributed by atoms with Crippen molar-refractivity contribution in [3.05, 3.63) is 28.2 Å². The standard InChI is InChI=1S/C21H32BrN3O/c1-15-10-16(2)13-24(12-15)14-18-6-8-25(9-7-18)21(26)23-19-4-5-20(22)17(3)11-19/h4-5,11,15-16,18H,6-10,12-14H2,1-3H3,(H,23,26)/t15-,16-/m0/s1. The van der Waals surface area contributed by atoms with Crippen molar-refractivity contribution >= 4 is 27.6 Å². The number of hydrogen-bond donors (Lipinski definition) is 1. The molecule has 2 heterocycles. The molecule has 2 fully saturated rings. The van der Waals surface area contributed by atoms with Gasteiger partial charge in [0.25, 0.3) is 0 Å². The Balaban J connectivity index is 1.45. The number of carbonyl (C=O) groups excluding carboxylic acids is 1. The number of nitrogens with one attached hydrogen (secondary N) is 1. The van der Waals surface area contributed by atoms with Gasteiger partial charge in [-0.25, -0.2) is 4.79 Å². The van der Waals surface area contributed by atoms with Crippen molar-refractivity contribution in [2.24, 2.45) is 17.8 Å². The van der Waals surface area contributed by atoms with Gasteiger partial charge in [-0.15, -0.1) is 0 Å². The van der Waals surface area contributed by atoms with Gasteiger partial charge in [0.2, 0.25) is 0 Å². The zero-order chi connectivity index (χ0) is 18.7. The summed E-state index contributed by atoms with van der Waals surface area (Å²) < 4.78 is 1.07. The fraction of sp³-hybridized carbons (Fsp3) is 0.667. The maximum Gasteiger partial charge on any atom is 0.321 e. The number of anilines is 1. The molecule has 1 N–H and O–H groups in total. The highest BCUT2D eigenvalue weighted by Crippen LogP contribution is 2.25. The van der Waals surface area contributed by atoms with Crippen molar-refractivity contribution in [1.82, 2.24) is 9.80 Å². The van der Waals surface area contributed by atoms with Gasteiger partial charge in [-0.3, -0.25) is 0 Å². The third-order valence-corrected chi connectivity index (χ3v) is 6.66. The van der Waals surface area contributed by atoms with Gasteiger partial charge in [0.15, 0.2) is 0 Å². The molecule has 2 aliphatic heterocycles. The van der Waals surface area contributed by atoms with Crippen LogP contribution in [0.2, 0.25) is 0 Å². The third kappa shape index (κ3) is 5.23. The van der Waals surface area contributed by atoms with Gasteiger partial charge >= 0.3 is 6.03 Å². The van der Waals surface area contributed by atoms with Gasteiger partial charge in [-0.05, 0) is 67.7 Å². The van der Waals surface area contributed by atoms with Crippen LogP contribution in [0.15, 0.2) is 22.7 Å². The summed E-state index contributed by atoms with van der Waals surface area (Å²) in [6.07, 6.45) is 3.60. The lowest BCUT2D eigenvalue weighted by Crippen LogP contribution is -2.46. The summed E-state index contributed by atoms with van der Waals surface area (Å²) in [5.74, 6) is 2.37. The number of urea groups is 1. The highest BCUT2D eigenvalue weighted by molar-refractivity contribution is 9.10. The predicted octanol–water partition coefficient (Wildman–Crippen LogP) is 4.98. The number of rotatable bonds is 3. The fourth-order valence-electron chi connectivity index (χ4n) is 4.55. The van der Waals surface area contributed by atoms with E-state index in [9.17, 15) is 4.79 Å². The fourth-order valence-corrected chi connectivity index (χ4v) is 4.80. The summed E-state index contributed by atoms with van der Waals surface area (Å²) >= 11 is 3.50. The zero-order valence-electron chi connectivity index (χ0n) is 16.3. The molecular formula is C21H32BrN3O.